The summed E-state index contributed by atoms with van der Waals surface area (Å²) in [6.45, 7) is 10.4. The van der Waals surface area contributed by atoms with Crippen LogP contribution >= 0.6 is 11.6 Å². The minimum Gasteiger partial charge on any atom is -0.447 e. The van der Waals surface area contributed by atoms with Crippen molar-refractivity contribution in [2.45, 2.75) is 47.1 Å². The van der Waals surface area contributed by atoms with Gasteiger partial charge in [-0.1, -0.05) is 39.3 Å². The summed E-state index contributed by atoms with van der Waals surface area (Å²) in [7, 11) is 1.61. The first-order valence-electron chi connectivity index (χ1n) is 10.7. The molecule has 3 rings (SSSR count). The van der Waals surface area contributed by atoms with Crippen molar-refractivity contribution >= 4 is 35.1 Å². The maximum atomic E-state index is 13.8. The quantitative estimate of drug-likeness (QED) is 0.611. The van der Waals surface area contributed by atoms with Gasteiger partial charge in [0.1, 0.15) is 24.8 Å². The molecule has 3 N–H and O–H groups in total. The highest BCUT2D eigenvalue weighted by Crippen LogP contribution is 2.73. The van der Waals surface area contributed by atoms with Gasteiger partial charge in [-0.15, -0.1) is 0 Å². The average Bonchev–Trinajstić information content (AvgIpc) is 2.94. The van der Waals surface area contributed by atoms with Crippen LogP contribution in [0.1, 0.15) is 44.9 Å². The van der Waals surface area contributed by atoms with Crippen molar-refractivity contribution in [3.63, 3.8) is 0 Å². The normalized spacial score (nSPS) is 16.4. The number of nitrogens with one attached hydrogen (secondary N) is 1. The van der Waals surface area contributed by atoms with Crippen molar-refractivity contribution in [2.75, 3.05) is 31.2 Å². The van der Waals surface area contributed by atoms with E-state index in [4.69, 9.17) is 22.1 Å². The summed E-state index contributed by atoms with van der Waals surface area (Å²) in [5, 5.41) is 7.01. The molecule has 1 aliphatic carbocycles. The molecule has 8 nitrogen and oxygen atoms in total. The van der Waals surface area contributed by atoms with Gasteiger partial charge in [-0.2, -0.15) is 5.10 Å². The Labute approximate surface area is 198 Å². The van der Waals surface area contributed by atoms with E-state index < -0.39 is 11.9 Å². The van der Waals surface area contributed by atoms with Crippen LogP contribution in [0.2, 0.25) is 5.02 Å². The van der Waals surface area contributed by atoms with Crippen molar-refractivity contribution in [1.82, 2.24) is 14.7 Å². The smallest absolute Gasteiger partial charge is 0.411 e. The number of carbonyl (C=O) groups is 2. The molecule has 0 spiro atoms. The predicted octanol–water partition coefficient (Wildman–Crippen LogP) is 4.42. The molecule has 180 valence electrons. The van der Waals surface area contributed by atoms with Gasteiger partial charge in [0.2, 0.25) is 5.91 Å². The minimum atomic E-state index is -0.753. The fourth-order valence-electron chi connectivity index (χ4n) is 4.24. The Bertz CT molecular complexity index is 1070. The number of hydrogen-bond donors (Lipinski definition) is 2. The molecule has 1 fully saturated rings. The Balaban J connectivity index is 1.49. The zero-order chi connectivity index (χ0) is 24.7. The molecular weight excluding hydrogens is 449 g/mol. The zero-order valence-electron chi connectivity index (χ0n) is 19.8. The molecule has 0 bridgehead atoms. The Kier molecular flexibility index (Phi) is 6.66. The van der Waals surface area contributed by atoms with Gasteiger partial charge in [0, 0.05) is 30.3 Å². The van der Waals surface area contributed by atoms with Crippen LogP contribution in [-0.4, -0.2) is 46.9 Å². The molecule has 10 heteroatoms. The molecule has 0 unspecified atom stereocenters. The summed E-state index contributed by atoms with van der Waals surface area (Å²) in [5.41, 5.74) is 7.70. The monoisotopic (exact) mass is 479 g/mol. The fraction of sp³-hybridized carbons (Fsp3) is 0.522. The number of likely N-dealkylation sites (N-methyl/N-ethyl adjacent to an activating group) is 1. The highest BCUT2D eigenvalue weighted by molar-refractivity contribution is 6.30. The minimum absolute atomic E-state index is 0.00858. The molecular formula is C23H31ClFN5O3. The van der Waals surface area contributed by atoms with E-state index in [-0.39, 0.29) is 58.6 Å². The first-order chi connectivity index (χ1) is 15.3. The number of nitrogen functional groups attached to an aromatic ring is 1. The number of benzene rings is 1. The van der Waals surface area contributed by atoms with Gasteiger partial charge in [-0.25, -0.2) is 13.9 Å². The van der Waals surface area contributed by atoms with E-state index >= 15 is 0 Å². The van der Waals surface area contributed by atoms with Crippen LogP contribution in [0.25, 0.3) is 0 Å². The number of amides is 2. The maximum Gasteiger partial charge on any atom is 0.411 e. The van der Waals surface area contributed by atoms with E-state index in [1.54, 1.807) is 7.05 Å². The number of nitrogens with two attached hydrogens (primary N) is 1. The van der Waals surface area contributed by atoms with E-state index in [0.717, 1.165) is 5.69 Å². The van der Waals surface area contributed by atoms with E-state index in [9.17, 15) is 14.0 Å². The van der Waals surface area contributed by atoms with Crippen LogP contribution in [0.4, 0.5) is 20.7 Å². The summed E-state index contributed by atoms with van der Waals surface area (Å²) in [6.07, 6.45) is -0.753. The third kappa shape index (κ3) is 4.78. The topological polar surface area (TPSA) is 102 Å². The molecule has 1 heterocycles. The number of carbonyl (C=O) groups excluding carboxylic acids is 2. The number of aromatic nitrogens is 2. The molecule has 1 aromatic heterocycles. The number of rotatable bonds is 7. The Morgan fingerprint density at radius 3 is 2.55 bits per heavy atom. The van der Waals surface area contributed by atoms with Gasteiger partial charge >= 0.3 is 6.09 Å². The summed E-state index contributed by atoms with van der Waals surface area (Å²) < 4.78 is 20.4. The lowest BCUT2D eigenvalue weighted by molar-refractivity contribution is -0.131. The number of ether oxygens (including phenoxy) is 1. The van der Waals surface area contributed by atoms with E-state index in [1.165, 1.54) is 28.6 Å². The SMILES string of the molecule is Cc1c(NC(=O)OCCN(C)C(=O)Cn2nc(C3C(C)(C)C3(C)C)cc2N)ccc(Cl)c1F. The lowest BCUT2D eigenvalue weighted by Crippen LogP contribution is -2.34. The number of hydrogen-bond acceptors (Lipinski definition) is 5. The summed E-state index contributed by atoms with van der Waals surface area (Å²) in [5.74, 6) is -0.0996. The molecule has 2 amide bonds. The maximum absolute atomic E-state index is 13.8. The van der Waals surface area contributed by atoms with E-state index in [1.807, 2.05) is 6.07 Å². The number of halogens is 2. The molecule has 33 heavy (non-hydrogen) atoms. The standard InChI is InChI=1S/C23H31ClFN5O3/c1-13-15(8-7-14(24)19(13)25)27-21(32)33-10-9-29(6)18(31)12-30-17(26)11-16(28-30)20-22(2,3)23(20,4)5/h7-8,11,20H,9-10,12,26H2,1-6H3,(H,27,32). The molecule has 0 radical (unpaired) electrons. The van der Waals surface area contributed by atoms with Crippen LogP contribution < -0.4 is 11.1 Å². The molecule has 1 aromatic carbocycles. The summed E-state index contributed by atoms with van der Waals surface area (Å²) >= 11 is 5.71. The number of anilines is 2. The Morgan fingerprint density at radius 1 is 1.30 bits per heavy atom. The lowest BCUT2D eigenvalue weighted by atomic mass is 10.0. The first kappa shape index (κ1) is 24.8. The van der Waals surface area contributed by atoms with Gasteiger partial charge in [-0.05, 0) is 29.9 Å². The Hall–Kier alpha value is -2.81. The first-order valence-corrected chi connectivity index (χ1v) is 11.1. The fourth-order valence-corrected chi connectivity index (χ4v) is 4.44. The van der Waals surface area contributed by atoms with Crippen LogP contribution in [-0.2, 0) is 16.1 Å². The third-order valence-corrected chi connectivity index (χ3v) is 7.39. The lowest BCUT2D eigenvalue weighted by Gasteiger charge is -2.18. The van der Waals surface area contributed by atoms with Gasteiger partial charge < -0.3 is 15.4 Å². The molecule has 0 atom stereocenters. The third-order valence-electron chi connectivity index (χ3n) is 7.09. The second kappa shape index (κ2) is 8.85. The van der Waals surface area contributed by atoms with Gasteiger partial charge in [0.05, 0.1) is 17.3 Å². The summed E-state index contributed by atoms with van der Waals surface area (Å²) in [6, 6.07) is 4.68. The average molecular weight is 480 g/mol. The van der Waals surface area contributed by atoms with Crippen LogP contribution in [0.15, 0.2) is 18.2 Å². The Morgan fingerprint density at radius 2 is 1.94 bits per heavy atom. The highest BCUT2D eigenvalue weighted by atomic mass is 35.5. The van der Waals surface area contributed by atoms with Crippen molar-refractivity contribution < 1.29 is 18.7 Å². The second-order valence-corrected chi connectivity index (χ2v) is 10.0. The zero-order valence-corrected chi connectivity index (χ0v) is 20.6. The van der Waals surface area contributed by atoms with Crippen LogP contribution in [0, 0.1) is 23.6 Å². The van der Waals surface area contributed by atoms with Gasteiger partial charge in [0.25, 0.3) is 0 Å². The van der Waals surface area contributed by atoms with Crippen LogP contribution in [0.5, 0.6) is 0 Å². The van der Waals surface area contributed by atoms with Crippen molar-refractivity contribution in [3.8, 4) is 0 Å². The largest absolute Gasteiger partial charge is 0.447 e. The van der Waals surface area contributed by atoms with Crippen molar-refractivity contribution in [3.05, 3.63) is 40.3 Å². The van der Waals surface area contributed by atoms with Crippen LogP contribution in [0.3, 0.4) is 0 Å². The molecule has 0 saturated heterocycles. The van der Waals surface area contributed by atoms with Crippen molar-refractivity contribution in [2.24, 2.45) is 10.8 Å². The second-order valence-electron chi connectivity index (χ2n) is 9.64. The summed E-state index contributed by atoms with van der Waals surface area (Å²) in [4.78, 5) is 26.0. The van der Waals surface area contributed by atoms with Gasteiger partial charge in [0.15, 0.2) is 0 Å². The molecule has 1 aliphatic rings. The van der Waals surface area contributed by atoms with E-state index in [0.29, 0.717) is 5.82 Å². The molecule has 1 saturated carbocycles. The highest BCUT2D eigenvalue weighted by Gasteiger charge is 2.66. The van der Waals surface area contributed by atoms with Gasteiger partial charge in [-0.3, -0.25) is 10.1 Å². The van der Waals surface area contributed by atoms with E-state index in [2.05, 4.69) is 38.1 Å². The molecule has 2 aromatic rings. The number of nitrogens with zero attached hydrogens (tertiary/aromatic N) is 3. The molecule has 0 aliphatic heterocycles. The van der Waals surface area contributed by atoms with Crippen molar-refractivity contribution in [1.29, 1.82) is 0 Å². The predicted molar refractivity (Wildman–Crippen MR) is 126 cm³/mol.